The number of rotatable bonds is 9. The van der Waals surface area contributed by atoms with E-state index in [-0.39, 0.29) is 10.5 Å². The third-order valence-corrected chi connectivity index (χ3v) is 8.86. The van der Waals surface area contributed by atoms with Crippen LogP contribution in [0.15, 0.2) is 76.7 Å². The third kappa shape index (κ3) is 5.71. The van der Waals surface area contributed by atoms with Crippen molar-refractivity contribution < 1.29 is 17.9 Å². The van der Waals surface area contributed by atoms with Gasteiger partial charge in [0.2, 0.25) is 15.2 Å². The van der Waals surface area contributed by atoms with E-state index in [2.05, 4.69) is 10.1 Å². The number of benzene rings is 3. The predicted octanol–water partition coefficient (Wildman–Crippen LogP) is 5.32. The lowest BCUT2D eigenvalue weighted by Crippen LogP contribution is -2.30. The molecular weight excluding hydrogens is 508 g/mol. The van der Waals surface area contributed by atoms with Crippen molar-refractivity contribution in [3.8, 4) is 5.75 Å². The molecule has 8 nitrogen and oxygen atoms in total. The van der Waals surface area contributed by atoms with Gasteiger partial charge in [-0.2, -0.15) is 14.4 Å². The summed E-state index contributed by atoms with van der Waals surface area (Å²) in [6.07, 6.45) is 1.60. The van der Waals surface area contributed by atoms with Crippen LogP contribution in [-0.4, -0.2) is 50.0 Å². The average molecular weight is 537 g/mol. The van der Waals surface area contributed by atoms with Gasteiger partial charge in [-0.15, -0.1) is 0 Å². The molecule has 192 valence electrons. The number of hydrogen-bond donors (Lipinski definition) is 0. The number of fused-ring (bicyclic) bond motifs is 1. The van der Waals surface area contributed by atoms with E-state index in [1.54, 1.807) is 27.2 Å². The molecule has 0 aliphatic rings. The molecule has 1 heterocycles. The molecule has 0 N–H and O–H groups in total. The van der Waals surface area contributed by atoms with Gasteiger partial charge in [0, 0.05) is 18.7 Å². The van der Waals surface area contributed by atoms with Crippen molar-refractivity contribution in [2.75, 3.05) is 25.2 Å². The molecule has 3 aromatic carbocycles. The number of hydrogen-bond acceptors (Lipinski definition) is 7. The minimum absolute atomic E-state index is 0.134. The first-order valence-corrected chi connectivity index (χ1v) is 14.0. The van der Waals surface area contributed by atoms with Crippen molar-refractivity contribution in [2.24, 2.45) is 5.10 Å². The van der Waals surface area contributed by atoms with E-state index in [1.807, 2.05) is 49.4 Å². The number of anilines is 1. The van der Waals surface area contributed by atoms with Gasteiger partial charge in [-0.3, -0.25) is 4.79 Å². The molecule has 37 heavy (non-hydrogen) atoms. The largest absolute Gasteiger partial charge is 0.497 e. The number of ether oxygens (including phenoxy) is 1. The van der Waals surface area contributed by atoms with Gasteiger partial charge in [-0.05, 0) is 55.0 Å². The number of amides is 1. The molecule has 0 spiro atoms. The molecule has 1 aromatic heterocycles. The van der Waals surface area contributed by atoms with Crippen LogP contribution in [0.25, 0.3) is 10.2 Å². The second-order valence-electron chi connectivity index (χ2n) is 8.22. The lowest BCUT2D eigenvalue weighted by atomic mass is 10.2. The average Bonchev–Trinajstić information content (AvgIpc) is 3.33. The second-order valence-corrected chi connectivity index (χ2v) is 11.2. The maximum atomic E-state index is 13.6. The Morgan fingerprint density at radius 3 is 2.32 bits per heavy atom. The zero-order valence-corrected chi connectivity index (χ0v) is 22.7. The summed E-state index contributed by atoms with van der Waals surface area (Å²) < 4.78 is 33.2. The summed E-state index contributed by atoms with van der Waals surface area (Å²) in [6, 6.07) is 19.2. The van der Waals surface area contributed by atoms with Crippen LogP contribution in [0.4, 0.5) is 5.13 Å². The monoisotopic (exact) mass is 536 g/mol. The number of aryl methyl sites for hydroxylation is 1. The highest BCUT2D eigenvalue weighted by atomic mass is 32.2. The Labute approximate surface area is 220 Å². The first-order valence-electron chi connectivity index (χ1n) is 11.8. The first-order chi connectivity index (χ1) is 17.8. The van der Waals surface area contributed by atoms with Gasteiger partial charge in [0.25, 0.3) is 5.91 Å². The minimum Gasteiger partial charge on any atom is -0.497 e. The quantitative estimate of drug-likeness (QED) is 0.213. The predicted molar refractivity (Wildman–Crippen MR) is 148 cm³/mol. The number of aromatic nitrogens is 1. The summed E-state index contributed by atoms with van der Waals surface area (Å²) in [5.41, 5.74) is 2.94. The maximum absolute atomic E-state index is 13.6. The summed E-state index contributed by atoms with van der Waals surface area (Å²) in [7, 11) is -2.04. The summed E-state index contributed by atoms with van der Waals surface area (Å²) in [6.45, 7) is 6.30. The van der Waals surface area contributed by atoms with E-state index >= 15 is 0 Å². The number of thiazole rings is 1. The van der Waals surface area contributed by atoms with Crippen LogP contribution < -0.4 is 9.75 Å². The van der Waals surface area contributed by atoms with Crippen LogP contribution in [0.1, 0.15) is 35.3 Å². The fourth-order valence-electron chi connectivity index (χ4n) is 3.68. The van der Waals surface area contributed by atoms with E-state index in [0.717, 1.165) is 15.8 Å². The van der Waals surface area contributed by atoms with Crippen LogP contribution in [0.3, 0.4) is 0 Å². The summed E-state index contributed by atoms with van der Waals surface area (Å²) in [5, 5.41) is 6.11. The smallest absolute Gasteiger partial charge is 0.280 e. The Bertz CT molecular complexity index is 1530. The van der Waals surface area contributed by atoms with E-state index in [4.69, 9.17) is 4.74 Å². The van der Waals surface area contributed by atoms with Crippen LogP contribution in [0.5, 0.6) is 5.75 Å². The molecule has 0 atom stereocenters. The molecule has 10 heteroatoms. The van der Waals surface area contributed by atoms with E-state index < -0.39 is 15.9 Å². The van der Waals surface area contributed by atoms with Crippen molar-refractivity contribution in [1.29, 1.82) is 0 Å². The Hall–Kier alpha value is -3.60. The van der Waals surface area contributed by atoms with Gasteiger partial charge in [-0.25, -0.2) is 13.4 Å². The lowest BCUT2D eigenvalue weighted by molar-refractivity contribution is 0.0987. The van der Waals surface area contributed by atoms with E-state index in [0.29, 0.717) is 29.5 Å². The zero-order valence-electron chi connectivity index (χ0n) is 21.1. The van der Waals surface area contributed by atoms with Gasteiger partial charge in [0.15, 0.2) is 0 Å². The molecule has 0 radical (unpaired) electrons. The van der Waals surface area contributed by atoms with E-state index in [9.17, 15) is 13.2 Å². The number of methoxy groups -OCH3 is 1. The van der Waals surface area contributed by atoms with Gasteiger partial charge in [-0.1, -0.05) is 55.0 Å². The molecule has 0 aliphatic carbocycles. The second kappa shape index (κ2) is 11.2. The maximum Gasteiger partial charge on any atom is 0.280 e. The van der Waals surface area contributed by atoms with Gasteiger partial charge < -0.3 is 4.74 Å². The number of sulfonamides is 1. The fraction of sp³-hybridized carbons (Fsp3) is 0.222. The highest BCUT2D eigenvalue weighted by Crippen LogP contribution is 2.32. The zero-order chi connectivity index (χ0) is 26.6. The Morgan fingerprint density at radius 1 is 1.03 bits per heavy atom. The molecule has 0 saturated heterocycles. The number of nitrogens with zero attached hydrogens (tertiary/aromatic N) is 4. The topological polar surface area (TPSA) is 92.2 Å². The number of carbonyl (C=O) groups is 1. The molecule has 0 unspecified atom stereocenters. The van der Waals surface area contributed by atoms with Crippen LogP contribution >= 0.6 is 11.3 Å². The van der Waals surface area contributed by atoms with Crippen molar-refractivity contribution in [2.45, 2.75) is 25.7 Å². The van der Waals surface area contributed by atoms with Gasteiger partial charge in [0.05, 0.1) is 28.4 Å². The molecule has 0 saturated carbocycles. The SMILES string of the molecule is CCN(CC)S(=O)(=O)c1ccc(C(=O)N(/N=C/c2ccc(C)cc2)c2nc3ccc(OC)cc3s2)cc1. The molecular formula is C27H28N4O4S2. The molecule has 1 amide bonds. The van der Waals surface area contributed by atoms with Crippen LogP contribution in [0.2, 0.25) is 0 Å². The highest BCUT2D eigenvalue weighted by Gasteiger charge is 2.24. The summed E-state index contributed by atoms with van der Waals surface area (Å²) in [5.74, 6) is 0.259. The lowest BCUT2D eigenvalue weighted by Gasteiger charge is -2.19. The molecule has 4 aromatic rings. The minimum atomic E-state index is -3.63. The normalized spacial score (nSPS) is 11.9. The van der Waals surface area contributed by atoms with Crippen molar-refractivity contribution in [3.05, 3.63) is 83.4 Å². The van der Waals surface area contributed by atoms with Crippen LogP contribution in [0, 0.1) is 6.92 Å². The standard InChI is InChI=1S/C27H28N4O4S2/c1-5-30(6-2)37(33,34)23-14-11-21(12-15-23)26(32)31(28-18-20-9-7-19(3)8-10-20)27-29-24-16-13-22(35-4)17-25(24)36-27/h7-18H,5-6H2,1-4H3/b28-18+. The van der Waals surface area contributed by atoms with Crippen LogP contribution in [-0.2, 0) is 10.0 Å². The summed E-state index contributed by atoms with van der Waals surface area (Å²) >= 11 is 1.31. The third-order valence-electron chi connectivity index (χ3n) is 5.80. The van der Waals surface area contributed by atoms with Crippen molar-refractivity contribution in [3.63, 3.8) is 0 Å². The fourth-order valence-corrected chi connectivity index (χ4v) is 6.09. The van der Waals surface area contributed by atoms with E-state index in [1.165, 1.54) is 44.9 Å². The van der Waals surface area contributed by atoms with Gasteiger partial charge >= 0.3 is 0 Å². The highest BCUT2D eigenvalue weighted by molar-refractivity contribution is 7.89. The molecule has 4 rings (SSSR count). The number of hydrazone groups is 1. The Morgan fingerprint density at radius 2 is 1.70 bits per heavy atom. The van der Waals surface area contributed by atoms with Gasteiger partial charge in [0.1, 0.15) is 5.75 Å². The number of carbonyl (C=O) groups excluding carboxylic acids is 1. The molecule has 0 fully saturated rings. The molecule has 0 bridgehead atoms. The summed E-state index contributed by atoms with van der Waals surface area (Å²) in [4.78, 5) is 18.4. The van der Waals surface area contributed by atoms with Crippen molar-refractivity contribution >= 4 is 48.8 Å². The first kappa shape index (κ1) is 26.5. The van der Waals surface area contributed by atoms with Crippen molar-refractivity contribution in [1.82, 2.24) is 9.29 Å². The molecule has 0 aliphatic heterocycles. The Kier molecular flexibility index (Phi) is 8.01. The Balaban J connectivity index is 1.72.